The monoisotopic (exact) mass is 204 g/mol. The van der Waals surface area contributed by atoms with Crippen molar-refractivity contribution in [2.75, 3.05) is 7.11 Å². The number of rotatable bonds is 3. The Morgan fingerprint density at radius 2 is 2.13 bits per heavy atom. The first-order valence-corrected chi connectivity index (χ1v) is 5.33. The molecule has 0 N–H and O–H groups in total. The molecule has 0 spiro atoms. The zero-order valence-electron chi connectivity index (χ0n) is 9.45. The first-order valence-electron chi connectivity index (χ1n) is 5.33. The summed E-state index contributed by atoms with van der Waals surface area (Å²) in [6.45, 7) is 5.24. The Bertz CT molecular complexity index is 474. The molecule has 0 atom stereocenters. The van der Waals surface area contributed by atoms with Crippen LogP contribution >= 0.6 is 0 Å². The van der Waals surface area contributed by atoms with Gasteiger partial charge in [0.15, 0.2) is 0 Å². The number of ether oxygens (including phenoxy) is 1. The molecule has 0 radical (unpaired) electrons. The molecule has 0 saturated heterocycles. The summed E-state index contributed by atoms with van der Waals surface area (Å²) < 4.78 is 7.43. The summed E-state index contributed by atoms with van der Waals surface area (Å²) in [5.41, 5.74) is 2.21. The number of aryl methyl sites for hydroxylation is 2. The normalized spacial score (nSPS) is 10.9. The molecule has 2 aromatic rings. The van der Waals surface area contributed by atoms with Gasteiger partial charge in [-0.05, 0) is 19.1 Å². The largest absolute Gasteiger partial charge is 0.497 e. The molecule has 1 heterocycles. The highest BCUT2D eigenvalue weighted by Crippen LogP contribution is 2.21. The van der Waals surface area contributed by atoms with E-state index in [-0.39, 0.29) is 0 Å². The molecule has 15 heavy (non-hydrogen) atoms. The Labute approximate surface area is 89.7 Å². The average molecular weight is 204 g/mol. The van der Waals surface area contributed by atoms with Crippen molar-refractivity contribution >= 4 is 11.0 Å². The number of nitrogens with zero attached hydrogens (tertiary/aromatic N) is 2. The Hall–Kier alpha value is -1.51. The standard InChI is InChI=1S/C12H16N2O/c1-4-12-13-10-8-9(15-3)6-7-11(10)14(12)5-2/h6-8H,4-5H2,1-3H3. The maximum absolute atomic E-state index is 5.19. The van der Waals surface area contributed by atoms with Gasteiger partial charge >= 0.3 is 0 Å². The minimum Gasteiger partial charge on any atom is -0.497 e. The van der Waals surface area contributed by atoms with Crippen molar-refractivity contribution in [3.05, 3.63) is 24.0 Å². The van der Waals surface area contributed by atoms with Gasteiger partial charge < -0.3 is 9.30 Å². The van der Waals surface area contributed by atoms with Gasteiger partial charge in [-0.1, -0.05) is 6.92 Å². The lowest BCUT2D eigenvalue weighted by Crippen LogP contribution is -1.99. The van der Waals surface area contributed by atoms with E-state index in [0.717, 1.165) is 30.1 Å². The van der Waals surface area contributed by atoms with Crippen molar-refractivity contribution < 1.29 is 4.74 Å². The third-order valence-corrected chi connectivity index (χ3v) is 2.67. The van der Waals surface area contributed by atoms with Gasteiger partial charge in [0.25, 0.3) is 0 Å². The Morgan fingerprint density at radius 3 is 2.73 bits per heavy atom. The van der Waals surface area contributed by atoms with E-state index < -0.39 is 0 Å². The highest BCUT2D eigenvalue weighted by atomic mass is 16.5. The van der Waals surface area contributed by atoms with Gasteiger partial charge in [-0.25, -0.2) is 4.98 Å². The van der Waals surface area contributed by atoms with Crippen LogP contribution in [0.4, 0.5) is 0 Å². The van der Waals surface area contributed by atoms with Gasteiger partial charge in [-0.2, -0.15) is 0 Å². The number of aromatic nitrogens is 2. The van der Waals surface area contributed by atoms with Gasteiger partial charge in [0, 0.05) is 19.0 Å². The molecule has 0 aliphatic carbocycles. The van der Waals surface area contributed by atoms with E-state index in [1.807, 2.05) is 12.1 Å². The lowest BCUT2D eigenvalue weighted by atomic mass is 10.3. The second kappa shape index (κ2) is 3.93. The fourth-order valence-electron chi connectivity index (χ4n) is 1.91. The van der Waals surface area contributed by atoms with Crippen LogP contribution in [0.1, 0.15) is 19.7 Å². The third kappa shape index (κ3) is 1.58. The van der Waals surface area contributed by atoms with Crippen LogP contribution in [0.25, 0.3) is 11.0 Å². The Kier molecular flexibility index (Phi) is 2.62. The quantitative estimate of drug-likeness (QED) is 0.768. The number of hydrogen-bond acceptors (Lipinski definition) is 2. The van der Waals surface area contributed by atoms with Gasteiger partial charge in [0.1, 0.15) is 11.6 Å². The molecule has 0 unspecified atom stereocenters. The van der Waals surface area contributed by atoms with E-state index in [1.54, 1.807) is 7.11 Å². The maximum atomic E-state index is 5.19. The number of hydrogen-bond donors (Lipinski definition) is 0. The predicted octanol–water partition coefficient (Wildman–Crippen LogP) is 2.63. The second-order valence-corrected chi connectivity index (χ2v) is 3.48. The molecule has 0 aliphatic rings. The van der Waals surface area contributed by atoms with E-state index in [1.165, 1.54) is 5.52 Å². The van der Waals surface area contributed by atoms with E-state index in [2.05, 4.69) is 29.5 Å². The first kappa shape index (κ1) is 10.0. The molecule has 0 fully saturated rings. The zero-order valence-corrected chi connectivity index (χ0v) is 9.45. The van der Waals surface area contributed by atoms with Crippen LogP contribution in [0.3, 0.4) is 0 Å². The summed E-state index contributed by atoms with van der Waals surface area (Å²) in [7, 11) is 1.68. The molecule has 0 aliphatic heterocycles. The highest BCUT2D eigenvalue weighted by Gasteiger charge is 2.08. The zero-order chi connectivity index (χ0) is 10.8. The Balaban J connectivity index is 2.65. The van der Waals surface area contributed by atoms with E-state index in [0.29, 0.717) is 0 Å². The summed E-state index contributed by atoms with van der Waals surface area (Å²) in [5.74, 6) is 2.01. The Morgan fingerprint density at radius 1 is 1.33 bits per heavy atom. The average Bonchev–Trinajstić information content (AvgIpc) is 2.65. The van der Waals surface area contributed by atoms with Crippen molar-refractivity contribution in [3.63, 3.8) is 0 Å². The summed E-state index contributed by atoms with van der Waals surface area (Å²) in [6.07, 6.45) is 0.963. The number of fused-ring (bicyclic) bond motifs is 1. The molecule has 0 saturated carbocycles. The first-order chi connectivity index (χ1) is 7.30. The number of imidazole rings is 1. The maximum Gasteiger partial charge on any atom is 0.121 e. The molecule has 2 rings (SSSR count). The second-order valence-electron chi connectivity index (χ2n) is 3.48. The van der Waals surface area contributed by atoms with Crippen molar-refractivity contribution in [2.24, 2.45) is 0 Å². The van der Waals surface area contributed by atoms with Crippen LogP contribution in [0.15, 0.2) is 18.2 Å². The van der Waals surface area contributed by atoms with Gasteiger partial charge in [-0.3, -0.25) is 0 Å². The van der Waals surface area contributed by atoms with Gasteiger partial charge in [0.05, 0.1) is 18.1 Å². The lowest BCUT2D eigenvalue weighted by Gasteiger charge is -2.03. The highest BCUT2D eigenvalue weighted by molar-refractivity contribution is 5.77. The van der Waals surface area contributed by atoms with Crippen molar-refractivity contribution in [2.45, 2.75) is 26.8 Å². The smallest absolute Gasteiger partial charge is 0.121 e. The van der Waals surface area contributed by atoms with Crippen LogP contribution in [-0.4, -0.2) is 16.7 Å². The minimum absolute atomic E-state index is 0.867. The number of methoxy groups -OCH3 is 1. The van der Waals surface area contributed by atoms with Crippen LogP contribution in [-0.2, 0) is 13.0 Å². The fourth-order valence-corrected chi connectivity index (χ4v) is 1.91. The summed E-state index contributed by atoms with van der Waals surface area (Å²) in [4.78, 5) is 4.59. The van der Waals surface area contributed by atoms with Crippen LogP contribution in [0, 0.1) is 0 Å². The lowest BCUT2D eigenvalue weighted by molar-refractivity contribution is 0.415. The summed E-state index contributed by atoms with van der Waals surface area (Å²) in [6, 6.07) is 6.04. The fraction of sp³-hybridized carbons (Fsp3) is 0.417. The van der Waals surface area contributed by atoms with Crippen molar-refractivity contribution in [1.82, 2.24) is 9.55 Å². The molecule has 1 aromatic heterocycles. The van der Waals surface area contributed by atoms with Crippen molar-refractivity contribution in [3.8, 4) is 5.75 Å². The van der Waals surface area contributed by atoms with Gasteiger partial charge in [0.2, 0.25) is 0 Å². The van der Waals surface area contributed by atoms with E-state index in [4.69, 9.17) is 4.74 Å². The van der Waals surface area contributed by atoms with Gasteiger partial charge in [-0.15, -0.1) is 0 Å². The molecule has 0 bridgehead atoms. The number of benzene rings is 1. The van der Waals surface area contributed by atoms with Crippen LogP contribution in [0.5, 0.6) is 5.75 Å². The minimum atomic E-state index is 0.867. The molecule has 3 heteroatoms. The summed E-state index contributed by atoms with van der Waals surface area (Å²) >= 11 is 0. The van der Waals surface area contributed by atoms with Crippen LogP contribution in [0.2, 0.25) is 0 Å². The molecular formula is C12H16N2O. The topological polar surface area (TPSA) is 27.1 Å². The van der Waals surface area contributed by atoms with Crippen molar-refractivity contribution in [1.29, 1.82) is 0 Å². The van der Waals surface area contributed by atoms with Crippen LogP contribution < -0.4 is 4.74 Å². The predicted molar refractivity (Wildman–Crippen MR) is 61.3 cm³/mol. The molecule has 0 amide bonds. The molecule has 80 valence electrons. The molecule has 1 aromatic carbocycles. The van der Waals surface area contributed by atoms with E-state index in [9.17, 15) is 0 Å². The third-order valence-electron chi connectivity index (χ3n) is 2.67. The summed E-state index contributed by atoms with van der Waals surface area (Å²) in [5, 5.41) is 0. The molecule has 3 nitrogen and oxygen atoms in total. The SMILES string of the molecule is CCc1nc2cc(OC)ccc2n1CC. The molecular weight excluding hydrogens is 188 g/mol. The van der Waals surface area contributed by atoms with E-state index >= 15 is 0 Å².